The van der Waals surface area contributed by atoms with Gasteiger partial charge in [-0.25, -0.2) is 9.79 Å². The summed E-state index contributed by atoms with van der Waals surface area (Å²) in [5.41, 5.74) is 4.74. The van der Waals surface area contributed by atoms with Gasteiger partial charge in [-0.1, -0.05) is 30.3 Å². The molecule has 0 radical (unpaired) electrons. The van der Waals surface area contributed by atoms with Gasteiger partial charge in [0, 0.05) is 48.8 Å². The fraction of sp³-hybridized carbons (Fsp3) is 0.324. The minimum absolute atomic E-state index is 0.0164. The number of likely N-dealkylation sites (tertiary alicyclic amines) is 1. The second-order valence-corrected chi connectivity index (χ2v) is 10.7. The van der Waals surface area contributed by atoms with Crippen molar-refractivity contribution in [2.45, 2.75) is 25.9 Å². The van der Waals surface area contributed by atoms with Crippen LogP contribution in [0.5, 0.6) is 5.88 Å². The summed E-state index contributed by atoms with van der Waals surface area (Å²) in [5, 5.41) is 11.7. The van der Waals surface area contributed by atoms with Gasteiger partial charge in [-0.15, -0.1) is 0 Å². The molecule has 0 amide bonds. The Morgan fingerprint density at radius 1 is 1.00 bits per heavy atom. The summed E-state index contributed by atoms with van der Waals surface area (Å²) < 4.78 is 16.0. The second kappa shape index (κ2) is 13.8. The topological polar surface area (TPSA) is 113 Å². The average molecular weight is 584 g/mol. The normalized spacial score (nSPS) is 14.7. The number of carbonyl (C=O) groups excluding carboxylic acids is 2. The molecule has 1 saturated heterocycles. The van der Waals surface area contributed by atoms with Gasteiger partial charge >= 0.3 is 5.97 Å². The number of rotatable bonds is 11. The Hall–Kier alpha value is -4.31. The van der Waals surface area contributed by atoms with Gasteiger partial charge in [-0.05, 0) is 61.7 Å². The molecule has 224 valence electrons. The summed E-state index contributed by atoms with van der Waals surface area (Å²) in [7, 11) is 3.10. The number of piperidine rings is 1. The van der Waals surface area contributed by atoms with Crippen LogP contribution in [0.2, 0.25) is 0 Å². The van der Waals surface area contributed by atoms with Crippen molar-refractivity contribution < 1.29 is 28.9 Å². The van der Waals surface area contributed by atoms with E-state index in [4.69, 9.17) is 19.2 Å². The summed E-state index contributed by atoms with van der Waals surface area (Å²) in [6, 6.07) is 20.1. The molecule has 0 atom stereocenters. The zero-order valence-corrected chi connectivity index (χ0v) is 24.8. The number of aromatic amines is 1. The third-order valence-electron chi connectivity index (χ3n) is 7.90. The lowest BCUT2D eigenvalue weighted by Gasteiger charge is -2.30. The molecule has 9 heteroatoms. The van der Waals surface area contributed by atoms with Crippen molar-refractivity contribution in [2.24, 2.45) is 4.99 Å². The number of nitrogens with one attached hydrogen (secondary N) is 1. The Kier molecular flexibility index (Phi) is 9.66. The molecule has 1 aliphatic heterocycles. The van der Waals surface area contributed by atoms with E-state index < -0.39 is 5.97 Å². The van der Waals surface area contributed by atoms with Crippen molar-refractivity contribution in [2.75, 3.05) is 47.1 Å². The van der Waals surface area contributed by atoms with Crippen LogP contribution >= 0.6 is 0 Å². The number of methoxy groups -OCH3 is 2. The lowest BCUT2D eigenvalue weighted by atomic mass is 9.98. The highest BCUT2D eigenvalue weighted by Gasteiger charge is 2.22. The maximum absolute atomic E-state index is 12.8. The highest BCUT2D eigenvalue weighted by Crippen LogP contribution is 2.33. The molecule has 2 N–H and O–H groups in total. The molecule has 43 heavy (non-hydrogen) atoms. The van der Waals surface area contributed by atoms with Crippen LogP contribution in [0.25, 0.3) is 10.9 Å². The van der Waals surface area contributed by atoms with E-state index in [1.165, 1.54) is 7.11 Å². The zero-order chi connectivity index (χ0) is 30.3. The first-order valence-corrected chi connectivity index (χ1v) is 14.4. The van der Waals surface area contributed by atoms with Crippen LogP contribution < -0.4 is 0 Å². The van der Waals surface area contributed by atoms with Gasteiger partial charge in [-0.3, -0.25) is 4.79 Å². The number of hydrogen-bond donors (Lipinski definition) is 2. The van der Waals surface area contributed by atoms with Gasteiger partial charge in [0.05, 0.1) is 42.3 Å². The van der Waals surface area contributed by atoms with E-state index in [0.29, 0.717) is 51.9 Å². The lowest BCUT2D eigenvalue weighted by molar-refractivity contribution is 0.0288. The first-order chi connectivity index (χ1) is 20.9. The molecule has 0 bridgehead atoms. The van der Waals surface area contributed by atoms with Crippen molar-refractivity contribution in [1.29, 1.82) is 0 Å². The summed E-state index contributed by atoms with van der Waals surface area (Å²) in [4.78, 5) is 35.3. The number of ether oxygens (including phenoxy) is 3. The predicted octanol–water partition coefficient (Wildman–Crippen LogP) is 5.45. The number of fused-ring (bicyclic) bond motifs is 1. The number of benzene rings is 3. The number of aryl methyl sites for hydroxylation is 1. The minimum Gasteiger partial charge on any atom is -0.494 e. The Labute approximate surface area is 251 Å². The summed E-state index contributed by atoms with van der Waals surface area (Å²) >= 11 is 0. The third-order valence-corrected chi connectivity index (χ3v) is 7.90. The molecular formula is C34H37N3O6. The van der Waals surface area contributed by atoms with Crippen LogP contribution in [-0.4, -0.2) is 85.6 Å². The molecule has 0 saturated carbocycles. The molecule has 9 nitrogen and oxygen atoms in total. The Morgan fingerprint density at radius 2 is 1.72 bits per heavy atom. The molecule has 0 unspecified atom stereocenters. The molecule has 1 aliphatic rings. The molecule has 0 aliphatic carbocycles. The maximum atomic E-state index is 12.8. The van der Waals surface area contributed by atoms with Crippen LogP contribution in [0.15, 0.2) is 71.7 Å². The first-order valence-electron chi connectivity index (χ1n) is 14.4. The molecule has 3 aromatic carbocycles. The van der Waals surface area contributed by atoms with Gasteiger partial charge in [0.15, 0.2) is 11.7 Å². The summed E-state index contributed by atoms with van der Waals surface area (Å²) in [6.07, 6.45) is 2.38. The number of aromatic hydroxyl groups is 1. The molecule has 5 rings (SSSR count). The largest absolute Gasteiger partial charge is 0.494 e. The molecular weight excluding hydrogens is 546 g/mol. The number of H-pyrrole nitrogens is 1. The first kappa shape index (κ1) is 30.2. The van der Waals surface area contributed by atoms with Gasteiger partial charge < -0.3 is 29.2 Å². The average Bonchev–Trinajstić information content (AvgIpc) is 3.36. The van der Waals surface area contributed by atoms with E-state index >= 15 is 0 Å². The highest BCUT2D eigenvalue weighted by molar-refractivity contribution is 6.22. The maximum Gasteiger partial charge on any atom is 0.338 e. The van der Waals surface area contributed by atoms with Crippen LogP contribution in [-0.2, 0) is 14.2 Å². The molecule has 0 spiro atoms. The molecule has 4 aromatic rings. The third kappa shape index (κ3) is 7.02. The summed E-state index contributed by atoms with van der Waals surface area (Å²) in [6.45, 7) is 5.09. The van der Waals surface area contributed by atoms with E-state index in [9.17, 15) is 14.7 Å². The van der Waals surface area contributed by atoms with E-state index in [-0.39, 0.29) is 18.3 Å². The Balaban J connectivity index is 1.33. The molecule has 2 heterocycles. The van der Waals surface area contributed by atoms with Crippen LogP contribution in [0, 0.1) is 6.92 Å². The predicted molar refractivity (Wildman–Crippen MR) is 166 cm³/mol. The Bertz CT molecular complexity index is 1600. The fourth-order valence-corrected chi connectivity index (χ4v) is 5.43. The van der Waals surface area contributed by atoms with Gasteiger partial charge in [0.25, 0.3) is 0 Å². The number of ketones is 1. The second-order valence-electron chi connectivity index (χ2n) is 10.7. The highest BCUT2D eigenvalue weighted by atomic mass is 16.5. The fourth-order valence-electron chi connectivity index (χ4n) is 5.43. The number of esters is 1. The van der Waals surface area contributed by atoms with Crippen molar-refractivity contribution >= 4 is 34.1 Å². The smallest absolute Gasteiger partial charge is 0.338 e. The van der Waals surface area contributed by atoms with E-state index in [0.717, 1.165) is 43.4 Å². The molecule has 1 aromatic heterocycles. The van der Waals surface area contributed by atoms with Crippen molar-refractivity contribution in [3.05, 3.63) is 94.5 Å². The van der Waals surface area contributed by atoms with Crippen molar-refractivity contribution in [3.8, 4) is 5.88 Å². The van der Waals surface area contributed by atoms with Crippen molar-refractivity contribution in [3.63, 3.8) is 0 Å². The SMILES string of the molecule is COC(=O)c1cc2[nH]c(O)c(C(=Nc3ccc(C(=O)COCCN4CCC(OC)CC4)cc3)c3ccccc3)c2cc1C. The van der Waals surface area contributed by atoms with E-state index in [1.807, 2.05) is 43.3 Å². The lowest BCUT2D eigenvalue weighted by Crippen LogP contribution is -2.38. The van der Waals surface area contributed by atoms with Crippen LogP contribution in [0.4, 0.5) is 5.69 Å². The standard InChI is InChI=1S/C34H37N3O6/c1-22-19-28-29(20-27(22)34(40)42-3)36-33(39)31(28)32(24-7-5-4-6-8-24)35-25-11-9-23(10-12-25)30(38)21-43-18-17-37-15-13-26(41-2)14-16-37/h4-12,19-20,26,36,39H,13-18,21H2,1-3H3. The van der Waals surface area contributed by atoms with E-state index in [2.05, 4.69) is 9.88 Å². The number of carbonyl (C=O) groups is 2. The number of aromatic nitrogens is 1. The zero-order valence-electron chi connectivity index (χ0n) is 24.8. The monoisotopic (exact) mass is 583 g/mol. The number of Topliss-reactive ketones (excluding diaryl/α,β-unsaturated/α-hetero) is 1. The van der Waals surface area contributed by atoms with Gasteiger partial charge in [0.1, 0.15) is 6.61 Å². The number of hydrogen-bond acceptors (Lipinski definition) is 8. The van der Waals surface area contributed by atoms with E-state index in [1.54, 1.807) is 37.4 Å². The Morgan fingerprint density at radius 3 is 2.40 bits per heavy atom. The van der Waals surface area contributed by atoms with Gasteiger partial charge in [-0.2, -0.15) is 0 Å². The number of aliphatic imine (C=N–C) groups is 1. The number of nitrogens with zero attached hydrogens (tertiary/aromatic N) is 2. The molecule has 1 fully saturated rings. The van der Waals surface area contributed by atoms with Crippen LogP contribution in [0.1, 0.15) is 50.2 Å². The van der Waals surface area contributed by atoms with Gasteiger partial charge in [0.2, 0.25) is 0 Å². The minimum atomic E-state index is -0.449. The quantitative estimate of drug-likeness (QED) is 0.105. The van der Waals surface area contributed by atoms with Crippen LogP contribution in [0.3, 0.4) is 0 Å². The van der Waals surface area contributed by atoms with Crippen molar-refractivity contribution in [1.82, 2.24) is 9.88 Å². The summed E-state index contributed by atoms with van der Waals surface area (Å²) in [5.74, 6) is -0.608.